The molecule has 0 fully saturated rings. The molecule has 0 aliphatic carbocycles. The third-order valence-corrected chi connectivity index (χ3v) is 4.15. The fourth-order valence-electron chi connectivity index (χ4n) is 2.87. The summed E-state index contributed by atoms with van der Waals surface area (Å²) in [6.07, 6.45) is 3.13. The monoisotopic (exact) mass is 389 g/mol. The highest BCUT2D eigenvalue weighted by Gasteiger charge is 2.15. The van der Waals surface area contributed by atoms with Crippen LogP contribution < -0.4 is 16.5 Å². The van der Waals surface area contributed by atoms with Crippen LogP contribution in [0.5, 0.6) is 0 Å². The Hall–Kier alpha value is -3.37. The van der Waals surface area contributed by atoms with Gasteiger partial charge in [0.05, 0.1) is 24.8 Å². The summed E-state index contributed by atoms with van der Waals surface area (Å²) in [6, 6.07) is 4.79. The molecule has 3 rings (SSSR count). The largest absolute Gasteiger partial charge is 0.369 e. The van der Waals surface area contributed by atoms with Crippen LogP contribution >= 0.6 is 0 Å². The number of nitrogens with one attached hydrogen (secondary N) is 2. The summed E-state index contributed by atoms with van der Waals surface area (Å²) in [5.41, 5.74) is 8.18. The molecule has 10 heteroatoms. The van der Waals surface area contributed by atoms with Gasteiger partial charge in [0, 0.05) is 29.8 Å². The van der Waals surface area contributed by atoms with Crippen LogP contribution in [0.25, 0.3) is 10.9 Å². The average molecular weight is 389 g/mol. The minimum absolute atomic E-state index is 0.0168. The van der Waals surface area contributed by atoms with Gasteiger partial charge in [0.1, 0.15) is 17.3 Å². The minimum Gasteiger partial charge on any atom is -0.369 e. The molecule has 2 aromatic heterocycles. The van der Waals surface area contributed by atoms with Gasteiger partial charge in [-0.15, -0.1) is 0 Å². The first-order valence-electron chi connectivity index (χ1n) is 8.24. The Balaban J connectivity index is 2.01. The van der Waals surface area contributed by atoms with E-state index in [1.165, 1.54) is 29.9 Å². The molecule has 0 saturated carbocycles. The van der Waals surface area contributed by atoms with Crippen LogP contribution in [0, 0.1) is 11.6 Å². The molecule has 0 unspecified atom stereocenters. The van der Waals surface area contributed by atoms with Gasteiger partial charge in [-0.2, -0.15) is 0 Å². The maximum absolute atomic E-state index is 14.0. The van der Waals surface area contributed by atoms with Gasteiger partial charge in [-0.3, -0.25) is 14.8 Å². The van der Waals surface area contributed by atoms with Gasteiger partial charge in [0.15, 0.2) is 0 Å². The summed E-state index contributed by atoms with van der Waals surface area (Å²) in [5, 5.41) is 12.3. The van der Waals surface area contributed by atoms with E-state index >= 15 is 0 Å². The van der Waals surface area contributed by atoms with E-state index in [0.717, 1.165) is 6.07 Å². The number of nitrogens with two attached hydrogens (primary N) is 1. The number of pyridine rings is 1. The lowest BCUT2D eigenvalue weighted by molar-refractivity contribution is -0.117. The second kappa shape index (κ2) is 8.11. The van der Waals surface area contributed by atoms with Crippen LogP contribution in [0.4, 0.5) is 8.78 Å². The summed E-state index contributed by atoms with van der Waals surface area (Å²) in [5.74, 6) is -2.66. The van der Waals surface area contributed by atoms with Crippen LogP contribution in [0.2, 0.25) is 0 Å². The summed E-state index contributed by atoms with van der Waals surface area (Å²) in [6.45, 7) is 0.308. The van der Waals surface area contributed by atoms with Gasteiger partial charge < -0.3 is 15.6 Å². The number of rotatable bonds is 7. The standard InChI is InChI=1S/C18H17F2N5O3/c19-12-2-1-10(14(20)3-12)8-25-9-11(5-22-7-17(21)26)13-4-15(18(27)24-28)23-6-16(13)25/h1-4,6,9,22,28H,5,7-8H2,(H2,21,26)(H,24,27). The van der Waals surface area contributed by atoms with Gasteiger partial charge in [-0.05, 0) is 17.7 Å². The SMILES string of the molecule is NC(=O)CNCc1cn(Cc2ccc(F)cc2F)c2cnc(C(=O)NO)cc12. The first-order valence-corrected chi connectivity index (χ1v) is 8.24. The number of halogens is 2. The molecule has 2 amide bonds. The third-order valence-electron chi connectivity index (χ3n) is 4.15. The zero-order valence-corrected chi connectivity index (χ0v) is 14.6. The Morgan fingerprint density at radius 2 is 2.00 bits per heavy atom. The number of primary amides is 1. The number of hydrogen-bond acceptors (Lipinski definition) is 5. The number of nitrogens with zero attached hydrogens (tertiary/aromatic N) is 2. The van der Waals surface area contributed by atoms with Crippen molar-refractivity contribution in [2.75, 3.05) is 6.54 Å². The topological polar surface area (TPSA) is 122 Å². The van der Waals surface area contributed by atoms with Crippen molar-refractivity contribution in [2.24, 2.45) is 5.73 Å². The second-order valence-electron chi connectivity index (χ2n) is 6.12. The molecule has 0 radical (unpaired) electrons. The first-order chi connectivity index (χ1) is 13.4. The lowest BCUT2D eigenvalue weighted by atomic mass is 10.1. The van der Waals surface area contributed by atoms with Gasteiger partial charge in [0.25, 0.3) is 5.91 Å². The molecule has 5 N–H and O–H groups in total. The molecule has 0 spiro atoms. The third kappa shape index (κ3) is 4.13. The molecular formula is C18H17F2N5O3. The molecule has 3 aromatic rings. The van der Waals surface area contributed by atoms with Crippen LogP contribution in [0.1, 0.15) is 21.6 Å². The molecule has 0 saturated heterocycles. The Morgan fingerprint density at radius 1 is 1.21 bits per heavy atom. The van der Waals surface area contributed by atoms with Crippen molar-refractivity contribution in [1.82, 2.24) is 20.3 Å². The van der Waals surface area contributed by atoms with E-state index in [2.05, 4.69) is 10.3 Å². The van der Waals surface area contributed by atoms with Crippen molar-refractivity contribution in [1.29, 1.82) is 0 Å². The maximum Gasteiger partial charge on any atom is 0.293 e. The molecule has 8 nitrogen and oxygen atoms in total. The van der Waals surface area contributed by atoms with Crippen molar-refractivity contribution in [3.63, 3.8) is 0 Å². The lowest BCUT2D eigenvalue weighted by Gasteiger charge is -2.07. The number of carbonyl (C=O) groups excluding carboxylic acids is 2. The molecule has 0 aliphatic rings. The second-order valence-corrected chi connectivity index (χ2v) is 6.12. The normalized spacial score (nSPS) is 11.0. The van der Waals surface area contributed by atoms with E-state index < -0.39 is 23.4 Å². The van der Waals surface area contributed by atoms with E-state index in [9.17, 15) is 18.4 Å². The number of hydrogen-bond donors (Lipinski definition) is 4. The molecular weight excluding hydrogens is 372 g/mol. The van der Waals surface area contributed by atoms with Crippen LogP contribution in [-0.2, 0) is 17.9 Å². The Kier molecular flexibility index (Phi) is 5.62. The van der Waals surface area contributed by atoms with Crippen molar-refractivity contribution in [3.8, 4) is 0 Å². The molecule has 1 aromatic carbocycles. The number of fused-ring (bicyclic) bond motifs is 1. The van der Waals surface area contributed by atoms with Crippen molar-refractivity contribution in [2.45, 2.75) is 13.1 Å². The Labute approximate surface area is 157 Å². The molecule has 28 heavy (non-hydrogen) atoms. The fourth-order valence-corrected chi connectivity index (χ4v) is 2.87. The number of hydroxylamine groups is 1. The Morgan fingerprint density at radius 3 is 2.68 bits per heavy atom. The summed E-state index contributed by atoms with van der Waals surface area (Å²) >= 11 is 0. The zero-order valence-electron chi connectivity index (χ0n) is 14.6. The number of aromatic nitrogens is 2. The molecule has 146 valence electrons. The number of amides is 2. The summed E-state index contributed by atoms with van der Waals surface area (Å²) in [7, 11) is 0. The highest BCUT2D eigenvalue weighted by atomic mass is 19.1. The first kappa shape index (κ1) is 19.4. The van der Waals surface area contributed by atoms with Crippen LogP contribution in [0.15, 0.2) is 36.7 Å². The quantitative estimate of drug-likeness (QED) is 0.356. The lowest BCUT2D eigenvalue weighted by Crippen LogP contribution is -2.28. The van der Waals surface area contributed by atoms with Crippen molar-refractivity contribution >= 4 is 22.7 Å². The highest BCUT2D eigenvalue weighted by molar-refractivity contribution is 5.96. The van der Waals surface area contributed by atoms with Gasteiger partial charge in [0.2, 0.25) is 5.91 Å². The van der Waals surface area contributed by atoms with E-state index in [-0.39, 0.29) is 30.9 Å². The van der Waals surface area contributed by atoms with Crippen molar-refractivity contribution in [3.05, 3.63) is 65.1 Å². The minimum atomic E-state index is -0.782. The molecule has 0 aliphatic heterocycles. The van der Waals surface area contributed by atoms with Crippen molar-refractivity contribution < 1.29 is 23.6 Å². The average Bonchev–Trinajstić information content (AvgIpc) is 3.00. The highest BCUT2D eigenvalue weighted by Crippen LogP contribution is 2.24. The molecule has 2 heterocycles. The van der Waals surface area contributed by atoms with Crippen LogP contribution in [-0.4, -0.2) is 33.1 Å². The number of carbonyl (C=O) groups is 2. The smallest absolute Gasteiger partial charge is 0.293 e. The zero-order chi connectivity index (χ0) is 20.3. The summed E-state index contributed by atoms with van der Waals surface area (Å²) in [4.78, 5) is 26.6. The van der Waals surface area contributed by atoms with Crippen LogP contribution in [0.3, 0.4) is 0 Å². The van der Waals surface area contributed by atoms with Gasteiger partial charge >= 0.3 is 0 Å². The predicted molar refractivity (Wildman–Crippen MR) is 95.3 cm³/mol. The fraction of sp³-hybridized carbons (Fsp3) is 0.167. The Bertz CT molecular complexity index is 1050. The van der Waals surface area contributed by atoms with E-state index in [1.54, 1.807) is 10.8 Å². The van der Waals surface area contributed by atoms with E-state index in [1.807, 2.05) is 0 Å². The summed E-state index contributed by atoms with van der Waals surface area (Å²) < 4.78 is 28.9. The van der Waals surface area contributed by atoms with Gasteiger partial charge in [-0.25, -0.2) is 19.2 Å². The molecule has 0 atom stereocenters. The van der Waals surface area contributed by atoms with E-state index in [4.69, 9.17) is 10.9 Å². The molecule has 0 bridgehead atoms. The predicted octanol–water partition coefficient (Wildman–Crippen LogP) is 1.06. The van der Waals surface area contributed by atoms with E-state index in [0.29, 0.717) is 16.5 Å². The van der Waals surface area contributed by atoms with Gasteiger partial charge in [-0.1, -0.05) is 6.07 Å². The maximum atomic E-state index is 14.0. The number of benzene rings is 1.